The van der Waals surface area contributed by atoms with Gasteiger partial charge in [0.2, 0.25) is 0 Å². The first-order valence-corrected chi connectivity index (χ1v) is 4.38. The van der Waals surface area contributed by atoms with Gasteiger partial charge < -0.3 is 5.73 Å². The third kappa shape index (κ3) is 9.70. The molecule has 0 aromatic rings. The van der Waals surface area contributed by atoms with Crippen LogP contribution in [-0.2, 0) is 0 Å². The van der Waals surface area contributed by atoms with Crippen molar-refractivity contribution in [2.75, 3.05) is 0 Å². The van der Waals surface area contributed by atoms with Crippen molar-refractivity contribution < 1.29 is 0 Å². The molecule has 0 unspecified atom stereocenters. The number of rotatable bonds is 4. The Hall–Kier alpha value is -0.300. The van der Waals surface area contributed by atoms with Crippen molar-refractivity contribution in [1.82, 2.24) is 0 Å². The molecule has 2 N–H and O–H groups in total. The molecule has 0 aliphatic carbocycles. The molecule has 11 heavy (non-hydrogen) atoms. The maximum Gasteiger partial charge on any atom is 0.0281 e. The average Bonchev–Trinajstić information content (AvgIpc) is 1.78. The van der Waals surface area contributed by atoms with E-state index in [2.05, 4.69) is 26.0 Å². The number of allylic oxidation sites excluding steroid dienone is 1. The molecular formula is C10H21N. The highest BCUT2D eigenvalue weighted by Crippen LogP contribution is 2.06. The van der Waals surface area contributed by atoms with E-state index in [1.807, 2.05) is 13.8 Å². The smallest absolute Gasteiger partial charge is 0.0281 e. The lowest BCUT2D eigenvalue weighted by molar-refractivity contribution is 0.588. The average molecular weight is 155 g/mol. The van der Waals surface area contributed by atoms with Gasteiger partial charge in [-0.2, -0.15) is 0 Å². The third-order valence-corrected chi connectivity index (χ3v) is 1.46. The summed E-state index contributed by atoms with van der Waals surface area (Å²) in [5.41, 5.74) is 5.62. The summed E-state index contributed by atoms with van der Waals surface area (Å²) in [6.45, 7) is 8.50. The summed E-state index contributed by atoms with van der Waals surface area (Å²) >= 11 is 0. The van der Waals surface area contributed by atoms with E-state index in [1.54, 1.807) is 0 Å². The molecule has 0 spiro atoms. The van der Waals surface area contributed by atoms with Crippen LogP contribution in [0, 0.1) is 5.92 Å². The molecule has 0 heterocycles. The maximum absolute atomic E-state index is 5.77. The van der Waals surface area contributed by atoms with Crippen LogP contribution >= 0.6 is 0 Å². The Balaban J connectivity index is 3.46. The van der Waals surface area contributed by atoms with Crippen molar-refractivity contribution in [2.45, 2.75) is 46.1 Å². The molecule has 1 heteroatoms. The molecule has 0 fully saturated rings. The third-order valence-electron chi connectivity index (χ3n) is 1.46. The van der Waals surface area contributed by atoms with Crippen LogP contribution in [0.5, 0.6) is 0 Å². The molecule has 0 radical (unpaired) electrons. The Bertz CT molecular complexity index is 117. The van der Waals surface area contributed by atoms with Gasteiger partial charge in [0.25, 0.3) is 0 Å². The normalized spacial score (nSPS) is 13.3. The Morgan fingerprint density at radius 3 is 2.27 bits per heavy atom. The SMILES string of the molecule is CC(C)CC/C=C/C(C)(C)N. The van der Waals surface area contributed by atoms with Gasteiger partial charge in [-0.1, -0.05) is 26.0 Å². The molecule has 0 atom stereocenters. The molecule has 1 nitrogen and oxygen atoms in total. The zero-order valence-corrected chi connectivity index (χ0v) is 8.22. The molecule has 0 saturated heterocycles. The van der Waals surface area contributed by atoms with E-state index in [1.165, 1.54) is 6.42 Å². The monoisotopic (exact) mass is 155 g/mol. The van der Waals surface area contributed by atoms with Crippen LogP contribution in [0.3, 0.4) is 0 Å². The van der Waals surface area contributed by atoms with Crippen LogP contribution in [0.2, 0.25) is 0 Å². The highest BCUT2D eigenvalue weighted by Gasteiger charge is 2.02. The molecule has 0 aliphatic heterocycles. The van der Waals surface area contributed by atoms with Gasteiger partial charge in [-0.15, -0.1) is 0 Å². The summed E-state index contributed by atoms with van der Waals surface area (Å²) in [4.78, 5) is 0. The van der Waals surface area contributed by atoms with Crippen LogP contribution in [-0.4, -0.2) is 5.54 Å². The molecule has 66 valence electrons. The van der Waals surface area contributed by atoms with Crippen molar-refractivity contribution >= 4 is 0 Å². The van der Waals surface area contributed by atoms with E-state index in [4.69, 9.17) is 5.73 Å². The van der Waals surface area contributed by atoms with E-state index < -0.39 is 0 Å². The minimum absolute atomic E-state index is 0.142. The molecule has 0 amide bonds. The molecule has 0 aromatic heterocycles. The second kappa shape index (κ2) is 4.55. The standard InChI is InChI=1S/C10H21N/c1-9(2)7-5-6-8-10(3,4)11/h6,8-9H,5,7,11H2,1-4H3/b8-6+. The van der Waals surface area contributed by atoms with Crippen molar-refractivity contribution in [3.8, 4) is 0 Å². The molecule has 0 aliphatic rings. The topological polar surface area (TPSA) is 26.0 Å². The van der Waals surface area contributed by atoms with Crippen LogP contribution in [0.1, 0.15) is 40.5 Å². The Labute approximate surface area is 70.7 Å². The van der Waals surface area contributed by atoms with Crippen molar-refractivity contribution in [3.63, 3.8) is 0 Å². The molecule has 0 rings (SSSR count). The zero-order chi connectivity index (χ0) is 8.91. The zero-order valence-electron chi connectivity index (χ0n) is 8.22. The molecule has 0 aromatic carbocycles. The fraction of sp³-hybridized carbons (Fsp3) is 0.800. The number of hydrogen-bond donors (Lipinski definition) is 1. The first-order chi connectivity index (χ1) is 4.92. The minimum atomic E-state index is -0.142. The van der Waals surface area contributed by atoms with Crippen molar-refractivity contribution in [1.29, 1.82) is 0 Å². The fourth-order valence-corrected chi connectivity index (χ4v) is 0.817. The lowest BCUT2D eigenvalue weighted by atomic mass is 10.0. The van der Waals surface area contributed by atoms with Crippen LogP contribution in [0.4, 0.5) is 0 Å². The maximum atomic E-state index is 5.77. The van der Waals surface area contributed by atoms with Gasteiger partial charge in [0.05, 0.1) is 0 Å². The summed E-state index contributed by atoms with van der Waals surface area (Å²) in [7, 11) is 0. The van der Waals surface area contributed by atoms with Crippen molar-refractivity contribution in [3.05, 3.63) is 12.2 Å². The van der Waals surface area contributed by atoms with Gasteiger partial charge >= 0.3 is 0 Å². The van der Waals surface area contributed by atoms with Crippen molar-refractivity contribution in [2.24, 2.45) is 11.7 Å². The van der Waals surface area contributed by atoms with Gasteiger partial charge in [0, 0.05) is 5.54 Å². The fourth-order valence-electron chi connectivity index (χ4n) is 0.817. The molecular weight excluding hydrogens is 134 g/mol. The minimum Gasteiger partial charge on any atom is -0.322 e. The highest BCUT2D eigenvalue weighted by atomic mass is 14.7. The van der Waals surface area contributed by atoms with Crippen LogP contribution < -0.4 is 5.73 Å². The lowest BCUT2D eigenvalue weighted by Gasteiger charge is -2.11. The van der Waals surface area contributed by atoms with E-state index in [9.17, 15) is 0 Å². The molecule has 0 bridgehead atoms. The Morgan fingerprint density at radius 2 is 1.91 bits per heavy atom. The second-order valence-corrected chi connectivity index (χ2v) is 4.19. The second-order valence-electron chi connectivity index (χ2n) is 4.19. The predicted molar refractivity (Wildman–Crippen MR) is 51.5 cm³/mol. The van der Waals surface area contributed by atoms with Gasteiger partial charge in [-0.25, -0.2) is 0 Å². The van der Waals surface area contributed by atoms with E-state index >= 15 is 0 Å². The van der Waals surface area contributed by atoms with E-state index in [-0.39, 0.29) is 5.54 Å². The largest absolute Gasteiger partial charge is 0.322 e. The van der Waals surface area contributed by atoms with Gasteiger partial charge in [-0.3, -0.25) is 0 Å². The van der Waals surface area contributed by atoms with Crippen LogP contribution in [0.25, 0.3) is 0 Å². The van der Waals surface area contributed by atoms with E-state index in [0.717, 1.165) is 12.3 Å². The van der Waals surface area contributed by atoms with Gasteiger partial charge in [0.1, 0.15) is 0 Å². The summed E-state index contributed by atoms with van der Waals surface area (Å²) in [5, 5.41) is 0. The summed E-state index contributed by atoms with van der Waals surface area (Å²) in [6, 6.07) is 0. The first kappa shape index (κ1) is 10.7. The highest BCUT2D eigenvalue weighted by molar-refractivity contribution is 4.98. The Morgan fingerprint density at radius 1 is 1.36 bits per heavy atom. The summed E-state index contributed by atoms with van der Waals surface area (Å²) in [5.74, 6) is 0.792. The quantitative estimate of drug-likeness (QED) is 0.621. The summed E-state index contributed by atoms with van der Waals surface area (Å²) < 4.78 is 0. The summed E-state index contributed by atoms with van der Waals surface area (Å²) in [6.07, 6.45) is 6.67. The number of nitrogens with two attached hydrogens (primary N) is 1. The Kier molecular flexibility index (Phi) is 4.43. The first-order valence-electron chi connectivity index (χ1n) is 4.38. The molecule has 0 saturated carbocycles. The predicted octanol–water partition coefficient (Wildman–Crippen LogP) is 2.72. The lowest BCUT2D eigenvalue weighted by Crippen LogP contribution is -2.28. The van der Waals surface area contributed by atoms with Gasteiger partial charge in [-0.05, 0) is 32.6 Å². The van der Waals surface area contributed by atoms with Gasteiger partial charge in [0.15, 0.2) is 0 Å². The number of hydrogen-bond acceptors (Lipinski definition) is 1. The van der Waals surface area contributed by atoms with Crippen LogP contribution in [0.15, 0.2) is 12.2 Å². The van der Waals surface area contributed by atoms with E-state index in [0.29, 0.717) is 0 Å².